The molecular weight excluding hydrogens is 474 g/mol. The number of nitrogens with zero attached hydrogens (tertiary/aromatic N) is 3. The number of carbonyl (C=O) groups excluding carboxylic acids is 2. The second-order valence-corrected chi connectivity index (χ2v) is 11.0. The molecule has 0 saturated heterocycles. The topological polar surface area (TPSA) is 64.4 Å². The summed E-state index contributed by atoms with van der Waals surface area (Å²) in [4.78, 5) is 28.4. The van der Waals surface area contributed by atoms with E-state index in [4.69, 9.17) is 9.84 Å². The van der Waals surface area contributed by atoms with Crippen molar-refractivity contribution in [2.75, 3.05) is 11.5 Å². The molecule has 6 nitrogen and oxygen atoms in total. The van der Waals surface area contributed by atoms with Gasteiger partial charge in [-0.25, -0.2) is 9.48 Å². The first-order valence-electron chi connectivity index (χ1n) is 14.0. The number of ether oxygens (including phenoxy) is 1. The van der Waals surface area contributed by atoms with Crippen LogP contribution in [0.4, 0.5) is 5.82 Å². The van der Waals surface area contributed by atoms with E-state index in [1.807, 2.05) is 32.0 Å². The minimum absolute atomic E-state index is 0.0420. The van der Waals surface area contributed by atoms with E-state index < -0.39 is 5.97 Å². The Morgan fingerprint density at radius 3 is 2.26 bits per heavy atom. The zero-order valence-corrected chi connectivity index (χ0v) is 23.4. The van der Waals surface area contributed by atoms with Gasteiger partial charge in [0.15, 0.2) is 5.82 Å². The molecule has 38 heavy (non-hydrogen) atoms. The lowest BCUT2D eigenvalue weighted by atomic mass is 9.82. The van der Waals surface area contributed by atoms with Crippen LogP contribution in [0.3, 0.4) is 0 Å². The molecule has 1 aromatic heterocycles. The third-order valence-corrected chi connectivity index (χ3v) is 7.65. The van der Waals surface area contributed by atoms with Crippen molar-refractivity contribution < 1.29 is 14.3 Å². The Kier molecular flexibility index (Phi) is 9.03. The van der Waals surface area contributed by atoms with Gasteiger partial charge in [0.25, 0.3) is 0 Å². The molecule has 1 atom stereocenters. The zero-order valence-electron chi connectivity index (χ0n) is 23.4. The van der Waals surface area contributed by atoms with Crippen molar-refractivity contribution in [1.29, 1.82) is 0 Å². The summed E-state index contributed by atoms with van der Waals surface area (Å²) in [7, 11) is 0. The molecule has 1 fully saturated rings. The number of carbonyl (C=O) groups is 2. The third kappa shape index (κ3) is 6.35. The van der Waals surface area contributed by atoms with Crippen LogP contribution in [0.15, 0.2) is 60.8 Å². The van der Waals surface area contributed by atoms with Crippen LogP contribution in [0, 0.1) is 11.8 Å². The summed E-state index contributed by atoms with van der Waals surface area (Å²) in [6, 6.07) is 18.6. The molecule has 4 rings (SSSR count). The molecule has 0 spiro atoms. The summed E-state index contributed by atoms with van der Waals surface area (Å²) in [5.74, 6) is 0.982. The molecule has 0 radical (unpaired) electrons. The number of esters is 1. The van der Waals surface area contributed by atoms with Crippen molar-refractivity contribution in [3.8, 4) is 5.69 Å². The number of benzene rings is 2. The Hall–Kier alpha value is -3.41. The summed E-state index contributed by atoms with van der Waals surface area (Å²) < 4.78 is 7.05. The zero-order chi connectivity index (χ0) is 27.2. The molecule has 0 aliphatic heterocycles. The Morgan fingerprint density at radius 1 is 1.00 bits per heavy atom. The first-order valence-corrected chi connectivity index (χ1v) is 14.0. The van der Waals surface area contributed by atoms with Gasteiger partial charge in [0.05, 0.1) is 12.3 Å². The smallest absolute Gasteiger partial charge is 0.343 e. The highest BCUT2D eigenvalue weighted by atomic mass is 16.5. The summed E-state index contributed by atoms with van der Waals surface area (Å²) in [5, 5.41) is 4.80. The second kappa shape index (κ2) is 12.4. The Labute approximate surface area is 227 Å². The van der Waals surface area contributed by atoms with Crippen molar-refractivity contribution >= 4 is 17.7 Å². The normalized spacial score (nSPS) is 18.3. The largest absolute Gasteiger partial charge is 0.462 e. The Bertz CT molecular complexity index is 1210. The molecule has 202 valence electrons. The van der Waals surface area contributed by atoms with Crippen LogP contribution >= 0.6 is 0 Å². The monoisotopic (exact) mass is 515 g/mol. The van der Waals surface area contributed by atoms with Gasteiger partial charge >= 0.3 is 5.97 Å². The fourth-order valence-electron chi connectivity index (χ4n) is 5.37. The molecular formula is C32H41N3O3. The quantitative estimate of drug-likeness (QED) is 0.289. The average molecular weight is 516 g/mol. The average Bonchev–Trinajstić information content (AvgIpc) is 3.35. The van der Waals surface area contributed by atoms with E-state index in [2.05, 4.69) is 50.2 Å². The van der Waals surface area contributed by atoms with Crippen molar-refractivity contribution in [3.63, 3.8) is 0 Å². The van der Waals surface area contributed by atoms with E-state index in [0.29, 0.717) is 23.2 Å². The van der Waals surface area contributed by atoms with Crippen LogP contribution in [0.1, 0.15) is 87.7 Å². The number of aromatic nitrogens is 2. The highest BCUT2D eigenvalue weighted by molar-refractivity contribution is 6.02. The van der Waals surface area contributed by atoms with E-state index in [-0.39, 0.29) is 24.5 Å². The van der Waals surface area contributed by atoms with Gasteiger partial charge in [-0.3, -0.25) is 9.69 Å². The van der Waals surface area contributed by atoms with Gasteiger partial charge in [-0.2, -0.15) is 0 Å². The van der Waals surface area contributed by atoms with E-state index >= 15 is 0 Å². The number of hydrogen-bond donors (Lipinski definition) is 0. The van der Waals surface area contributed by atoms with Gasteiger partial charge in [-0.05, 0) is 88.0 Å². The first kappa shape index (κ1) is 27.6. The predicted molar refractivity (Wildman–Crippen MR) is 152 cm³/mol. The molecule has 3 aromatic rings. The predicted octanol–water partition coefficient (Wildman–Crippen LogP) is 6.96. The fraction of sp³-hybridized carbons (Fsp3) is 0.469. The van der Waals surface area contributed by atoms with Crippen molar-refractivity contribution in [3.05, 3.63) is 77.5 Å². The van der Waals surface area contributed by atoms with Gasteiger partial charge in [0, 0.05) is 18.2 Å². The molecule has 1 heterocycles. The van der Waals surface area contributed by atoms with Crippen LogP contribution < -0.4 is 4.90 Å². The van der Waals surface area contributed by atoms with Crippen molar-refractivity contribution in [2.24, 2.45) is 11.8 Å². The summed E-state index contributed by atoms with van der Waals surface area (Å²) >= 11 is 0. The molecule has 6 heteroatoms. The molecule has 1 unspecified atom stereocenters. The Balaban J connectivity index is 1.61. The molecule has 1 aliphatic rings. The highest BCUT2D eigenvalue weighted by Gasteiger charge is 2.34. The number of anilines is 1. The van der Waals surface area contributed by atoms with E-state index in [0.717, 1.165) is 37.8 Å². The summed E-state index contributed by atoms with van der Waals surface area (Å²) in [5.41, 5.74) is 3.70. The van der Waals surface area contributed by atoms with Gasteiger partial charge in [-0.15, -0.1) is 5.10 Å². The minimum atomic E-state index is -0.460. The van der Waals surface area contributed by atoms with Gasteiger partial charge in [0.1, 0.15) is 5.56 Å². The summed E-state index contributed by atoms with van der Waals surface area (Å²) in [6.45, 7) is 10.5. The maximum atomic E-state index is 13.7. The number of amides is 1. The van der Waals surface area contributed by atoms with Crippen LogP contribution in [0.2, 0.25) is 0 Å². The lowest BCUT2D eigenvalue weighted by Crippen LogP contribution is -2.43. The third-order valence-electron chi connectivity index (χ3n) is 7.65. The van der Waals surface area contributed by atoms with Gasteiger partial charge in [0.2, 0.25) is 5.91 Å². The Morgan fingerprint density at radius 2 is 1.66 bits per heavy atom. The van der Waals surface area contributed by atoms with E-state index in [1.54, 1.807) is 22.7 Å². The lowest BCUT2D eigenvalue weighted by molar-refractivity contribution is -0.124. The lowest BCUT2D eigenvalue weighted by Gasteiger charge is -2.32. The van der Waals surface area contributed by atoms with Crippen LogP contribution in [0.5, 0.6) is 0 Å². The molecule has 1 saturated carbocycles. The van der Waals surface area contributed by atoms with Crippen LogP contribution in [-0.4, -0.2) is 34.3 Å². The van der Waals surface area contributed by atoms with Crippen molar-refractivity contribution in [1.82, 2.24) is 9.78 Å². The second-order valence-electron chi connectivity index (χ2n) is 11.0. The van der Waals surface area contributed by atoms with Crippen LogP contribution in [-0.2, 0) is 16.0 Å². The maximum absolute atomic E-state index is 13.7. The maximum Gasteiger partial charge on any atom is 0.343 e. The van der Waals surface area contributed by atoms with E-state index in [1.165, 1.54) is 11.1 Å². The van der Waals surface area contributed by atoms with Crippen LogP contribution in [0.25, 0.3) is 5.69 Å². The molecule has 1 amide bonds. The standard InChI is InChI=1S/C32H41N3O3/c1-6-38-32(37)29-21-34(28-18-14-25(15-19-28)20-24(5)26-10-8-7-9-11-26)33-30(29)35(22(2)3)31(36)27-16-12-23(4)13-17-27/h7-11,14-15,18-19,21-24,27H,6,12-13,16-17,20H2,1-5H3/t23-,24?,27-. The number of rotatable bonds is 9. The molecule has 2 aromatic carbocycles. The molecule has 0 bridgehead atoms. The highest BCUT2D eigenvalue weighted by Crippen LogP contribution is 2.33. The SMILES string of the molecule is CCOC(=O)c1cn(-c2ccc(CC(C)c3ccccc3)cc2)nc1N(C(=O)[C@H]1CC[C@H](C)CC1)C(C)C. The first-order chi connectivity index (χ1) is 18.3. The minimum Gasteiger partial charge on any atom is -0.462 e. The fourth-order valence-corrected chi connectivity index (χ4v) is 5.37. The molecule has 1 aliphatic carbocycles. The number of hydrogen-bond acceptors (Lipinski definition) is 4. The van der Waals surface area contributed by atoms with Gasteiger partial charge < -0.3 is 4.74 Å². The van der Waals surface area contributed by atoms with E-state index in [9.17, 15) is 9.59 Å². The van der Waals surface area contributed by atoms with Crippen molar-refractivity contribution in [2.45, 2.75) is 78.7 Å². The summed E-state index contributed by atoms with van der Waals surface area (Å²) in [6.07, 6.45) is 6.48. The molecule has 0 N–H and O–H groups in total. The van der Waals surface area contributed by atoms with Gasteiger partial charge in [-0.1, -0.05) is 56.3 Å².